The van der Waals surface area contributed by atoms with Crippen LogP contribution in [0.25, 0.3) is 0 Å². The monoisotopic (exact) mass is 235 g/mol. The van der Waals surface area contributed by atoms with Crippen LogP contribution < -0.4 is 18.1 Å². The van der Waals surface area contributed by atoms with Crippen LogP contribution in [-0.4, -0.2) is 35.4 Å². The van der Waals surface area contributed by atoms with Crippen LogP contribution in [-0.2, 0) is 15.7 Å². The summed E-state index contributed by atoms with van der Waals surface area (Å²) in [6.07, 6.45) is 4.74. The molecule has 0 saturated heterocycles. The first-order valence-corrected chi connectivity index (χ1v) is 5.27. The Kier molecular flexibility index (Phi) is 14.3. The molecule has 1 atom stereocenters. The third-order valence-electron chi connectivity index (χ3n) is 1.15. The average molecular weight is 236 g/mol. The number of carbonyl (C=O) groups is 1. The van der Waals surface area contributed by atoms with Gasteiger partial charge in [0.2, 0.25) is 0 Å². The first kappa shape index (κ1) is 18.2. The zero-order valence-corrected chi connectivity index (χ0v) is 9.51. The average Bonchev–Trinajstić information content (AvgIpc) is 1.82. The number of halogens is 2. The molecule has 0 fully saturated rings. The molecule has 3 nitrogen and oxygen atoms in total. The Morgan fingerprint density at radius 3 is 2.25 bits per heavy atom. The van der Waals surface area contributed by atoms with E-state index in [1.165, 1.54) is 0 Å². The summed E-state index contributed by atoms with van der Waals surface area (Å²) in [5.41, 5.74) is 5.27. The van der Waals surface area contributed by atoms with E-state index in [1.54, 1.807) is 0 Å². The fourth-order valence-corrected chi connectivity index (χ4v) is 1.21. The number of aliphatic carboxylic acids is 1. The van der Waals surface area contributed by atoms with Gasteiger partial charge in [-0.25, -0.2) is 0 Å². The van der Waals surface area contributed by atoms with E-state index in [-0.39, 0.29) is 24.8 Å². The van der Waals surface area contributed by atoms with Gasteiger partial charge >= 0.3 is 5.97 Å². The van der Waals surface area contributed by atoms with Crippen molar-refractivity contribution in [2.24, 2.45) is 5.73 Å². The smallest absolute Gasteiger partial charge is 0.320 e. The minimum Gasteiger partial charge on any atom is -1.00 e. The lowest BCUT2D eigenvalue weighted by atomic mass is 10.2. The predicted molar refractivity (Wildman–Crippen MR) is 51.6 cm³/mol. The first-order valence-electron chi connectivity index (χ1n) is 3.06. The van der Waals surface area contributed by atoms with Crippen LogP contribution in [0.5, 0.6) is 0 Å². The van der Waals surface area contributed by atoms with Gasteiger partial charge in [-0.3, -0.25) is 4.79 Å². The number of hydrogen-bond donors (Lipinski definition) is 2. The Hall–Kier alpha value is 0.360. The van der Waals surface area contributed by atoms with Crippen LogP contribution >= 0.6 is 12.4 Å². The Labute approximate surface area is 88.3 Å². The summed E-state index contributed by atoms with van der Waals surface area (Å²) in [4.78, 5) is 10.2. The van der Waals surface area contributed by atoms with E-state index < -0.39 is 12.0 Å². The van der Waals surface area contributed by atoms with Crippen molar-refractivity contribution in [1.29, 1.82) is 0 Å². The molecule has 6 heteroatoms. The lowest BCUT2D eigenvalue weighted by molar-refractivity contribution is -0.138. The molecule has 1 unspecified atom stereocenters. The van der Waals surface area contributed by atoms with Gasteiger partial charge in [-0.1, -0.05) is 0 Å². The maximum absolute atomic E-state index is 10.2. The van der Waals surface area contributed by atoms with Gasteiger partial charge in [0, 0.05) is 6.42 Å². The molecule has 0 rings (SSSR count). The van der Waals surface area contributed by atoms with E-state index in [1.807, 2.05) is 0 Å². The third-order valence-corrected chi connectivity index (χ3v) is 2.21. The highest BCUT2D eigenvalue weighted by molar-refractivity contribution is 7.95. The van der Waals surface area contributed by atoms with Gasteiger partial charge in [0.25, 0.3) is 0 Å². The Balaban J connectivity index is -0.000000405. The minimum atomic E-state index is -0.898. The summed E-state index contributed by atoms with van der Waals surface area (Å²) < 4.78 is 0. The lowest BCUT2D eigenvalue weighted by Crippen LogP contribution is -3.00. The molecule has 0 spiro atoms. The molecule has 0 radical (unpaired) electrons. The molecule has 0 aliphatic heterocycles. The number of hydrogen-bond acceptors (Lipinski definition) is 2. The van der Waals surface area contributed by atoms with Gasteiger partial charge in [0.15, 0.2) is 0 Å². The van der Waals surface area contributed by atoms with Gasteiger partial charge in [-0.2, -0.15) is 0 Å². The Morgan fingerprint density at radius 2 is 2.00 bits per heavy atom. The van der Waals surface area contributed by atoms with Crippen molar-refractivity contribution in [3.8, 4) is 0 Å². The largest absolute Gasteiger partial charge is 1.00 e. The summed E-state index contributed by atoms with van der Waals surface area (Å²) in [5, 5.41) is 8.37. The van der Waals surface area contributed by atoms with E-state index in [0.29, 0.717) is 17.3 Å². The summed E-state index contributed by atoms with van der Waals surface area (Å²) >= 11 is 0. The van der Waals surface area contributed by atoms with Crippen LogP contribution in [0.15, 0.2) is 0 Å². The third kappa shape index (κ3) is 10.4. The first-order chi connectivity index (χ1) is 4.54. The SMILES string of the molecule is C[S+](C)CCC(N)C(=O)O.Cl.[Cl-]. The van der Waals surface area contributed by atoms with Crippen molar-refractivity contribution in [1.82, 2.24) is 0 Å². The van der Waals surface area contributed by atoms with E-state index in [2.05, 4.69) is 12.5 Å². The van der Waals surface area contributed by atoms with E-state index in [0.717, 1.165) is 5.75 Å². The maximum atomic E-state index is 10.2. The summed E-state index contributed by atoms with van der Waals surface area (Å²) in [5.74, 6) is 0.0125. The predicted octanol–water partition coefficient (Wildman–Crippen LogP) is -2.91. The van der Waals surface area contributed by atoms with Crippen molar-refractivity contribution in [2.45, 2.75) is 12.5 Å². The van der Waals surface area contributed by atoms with Gasteiger partial charge in [0.1, 0.15) is 11.8 Å². The summed E-state index contributed by atoms with van der Waals surface area (Å²) in [6.45, 7) is 0. The van der Waals surface area contributed by atoms with Gasteiger partial charge in [0.05, 0.1) is 12.5 Å². The molecule has 0 aromatic carbocycles. The second kappa shape index (κ2) is 9.45. The number of nitrogens with two attached hydrogens (primary N) is 1. The molecular weight excluding hydrogens is 221 g/mol. The van der Waals surface area contributed by atoms with Gasteiger partial charge < -0.3 is 23.2 Å². The molecule has 0 heterocycles. The standard InChI is InChI=1S/C6H13NO2S.2ClH/c1-10(2)4-3-5(7)6(8)9;;/h5H,3-4,7H2,1-2H3;2*1H. The Bertz CT molecular complexity index is 124. The molecule has 0 aromatic heterocycles. The highest BCUT2D eigenvalue weighted by Crippen LogP contribution is 1.93. The second-order valence-electron chi connectivity index (χ2n) is 2.42. The highest BCUT2D eigenvalue weighted by Gasteiger charge is 2.14. The molecule has 0 saturated carbocycles. The molecule has 0 aliphatic rings. The normalized spacial score (nSPS) is 11.3. The van der Waals surface area contributed by atoms with Crippen LogP contribution in [0.2, 0.25) is 0 Å². The molecule has 12 heavy (non-hydrogen) atoms. The van der Waals surface area contributed by atoms with Crippen molar-refractivity contribution in [2.75, 3.05) is 18.3 Å². The van der Waals surface area contributed by atoms with Crippen LogP contribution in [0, 0.1) is 0 Å². The fraction of sp³-hybridized carbons (Fsp3) is 0.833. The fourth-order valence-electron chi connectivity index (χ4n) is 0.486. The number of carboxylic acid groups (broad SMARTS) is 1. The molecule has 0 amide bonds. The van der Waals surface area contributed by atoms with E-state index >= 15 is 0 Å². The molecule has 0 aromatic rings. The molecule has 76 valence electrons. The zero-order valence-electron chi connectivity index (χ0n) is 7.12. The van der Waals surface area contributed by atoms with Crippen LogP contribution in [0.4, 0.5) is 0 Å². The quantitative estimate of drug-likeness (QED) is 0.514. The van der Waals surface area contributed by atoms with E-state index in [9.17, 15) is 4.79 Å². The van der Waals surface area contributed by atoms with Crippen molar-refractivity contribution in [3.05, 3.63) is 0 Å². The summed E-state index contributed by atoms with van der Waals surface area (Å²) in [6, 6.07) is -0.671. The number of rotatable bonds is 4. The summed E-state index contributed by atoms with van der Waals surface area (Å²) in [7, 11) is 0.304. The lowest BCUT2D eigenvalue weighted by Gasteiger charge is -2.02. The van der Waals surface area contributed by atoms with E-state index in [4.69, 9.17) is 10.8 Å². The zero-order chi connectivity index (χ0) is 8.15. The van der Waals surface area contributed by atoms with Crippen molar-refractivity contribution < 1.29 is 22.3 Å². The van der Waals surface area contributed by atoms with Gasteiger partial charge in [-0.05, 0) is 10.9 Å². The molecule has 3 N–H and O–H groups in total. The molecule has 0 bridgehead atoms. The topological polar surface area (TPSA) is 63.3 Å². The Morgan fingerprint density at radius 1 is 1.58 bits per heavy atom. The maximum Gasteiger partial charge on any atom is 0.320 e. The van der Waals surface area contributed by atoms with Crippen LogP contribution in [0.3, 0.4) is 0 Å². The second-order valence-corrected chi connectivity index (χ2v) is 4.80. The van der Waals surface area contributed by atoms with Crippen molar-refractivity contribution in [3.63, 3.8) is 0 Å². The van der Waals surface area contributed by atoms with Crippen LogP contribution in [0.1, 0.15) is 6.42 Å². The van der Waals surface area contributed by atoms with Gasteiger partial charge in [-0.15, -0.1) is 12.4 Å². The minimum absolute atomic E-state index is 0. The highest BCUT2D eigenvalue weighted by atomic mass is 35.5. The molecular formula is C6H15Cl2NO2S. The molecule has 0 aliphatic carbocycles. The number of carboxylic acids is 1. The van der Waals surface area contributed by atoms with Crippen molar-refractivity contribution >= 4 is 29.3 Å².